The number of hydrogen-bond donors (Lipinski definition) is 1. The summed E-state index contributed by atoms with van der Waals surface area (Å²) >= 11 is 1.93. The summed E-state index contributed by atoms with van der Waals surface area (Å²) < 4.78 is 0. The Morgan fingerprint density at radius 3 is 1.89 bits per heavy atom. The van der Waals surface area contributed by atoms with E-state index in [1.165, 1.54) is 22.3 Å². The third-order valence-corrected chi connectivity index (χ3v) is 4.10. The van der Waals surface area contributed by atoms with Gasteiger partial charge in [-0.1, -0.05) is 53.6 Å². The second-order valence-corrected chi connectivity index (χ2v) is 5.95. The first-order valence-electron chi connectivity index (χ1n) is 6.51. The molecule has 0 aliphatic rings. The van der Waals surface area contributed by atoms with Crippen LogP contribution in [0.25, 0.3) is 0 Å². The Balaban J connectivity index is 1.88. The molecular weight excluding hydrogens is 252 g/mol. The molecular formula is C17H20OS. The van der Waals surface area contributed by atoms with Crippen molar-refractivity contribution in [3.8, 4) is 0 Å². The lowest BCUT2D eigenvalue weighted by molar-refractivity contribution is 0.282. The fraction of sp³-hybridized carbons (Fsp3) is 0.294. The van der Waals surface area contributed by atoms with Gasteiger partial charge in [-0.15, -0.1) is 0 Å². The Morgan fingerprint density at radius 1 is 0.789 bits per heavy atom. The molecule has 0 fully saturated rings. The highest BCUT2D eigenvalue weighted by atomic mass is 32.2. The van der Waals surface area contributed by atoms with Gasteiger partial charge in [-0.05, 0) is 30.5 Å². The molecule has 0 aliphatic carbocycles. The van der Waals surface area contributed by atoms with Crippen molar-refractivity contribution in [1.29, 1.82) is 0 Å². The molecule has 0 amide bonds. The summed E-state index contributed by atoms with van der Waals surface area (Å²) in [7, 11) is 0. The Labute approximate surface area is 119 Å². The van der Waals surface area contributed by atoms with E-state index in [9.17, 15) is 0 Å². The molecule has 2 aromatic carbocycles. The molecule has 1 nitrogen and oxygen atoms in total. The highest BCUT2D eigenvalue weighted by Gasteiger charge is 1.98. The van der Waals surface area contributed by atoms with Crippen LogP contribution in [0.15, 0.2) is 42.5 Å². The standard InChI is InChI=1S/C17H20OS/c1-13-7-14(2)9-17(8-13)12-19-11-16-5-3-15(10-18)4-6-16/h3-9,18H,10-12H2,1-2H3. The van der Waals surface area contributed by atoms with Crippen molar-refractivity contribution in [2.75, 3.05) is 0 Å². The van der Waals surface area contributed by atoms with Crippen LogP contribution in [-0.2, 0) is 18.1 Å². The second kappa shape index (κ2) is 6.78. The number of aryl methyl sites for hydroxylation is 2. The summed E-state index contributed by atoms with van der Waals surface area (Å²) in [4.78, 5) is 0. The second-order valence-electron chi connectivity index (χ2n) is 4.96. The van der Waals surface area contributed by atoms with Gasteiger partial charge in [0.15, 0.2) is 0 Å². The average molecular weight is 272 g/mol. The van der Waals surface area contributed by atoms with Crippen LogP contribution in [0.5, 0.6) is 0 Å². The van der Waals surface area contributed by atoms with E-state index < -0.39 is 0 Å². The molecule has 0 saturated carbocycles. The van der Waals surface area contributed by atoms with E-state index in [2.05, 4.69) is 44.2 Å². The van der Waals surface area contributed by atoms with Crippen molar-refractivity contribution in [3.63, 3.8) is 0 Å². The van der Waals surface area contributed by atoms with Crippen LogP contribution in [0, 0.1) is 13.8 Å². The van der Waals surface area contributed by atoms with Gasteiger partial charge in [-0.25, -0.2) is 0 Å². The van der Waals surface area contributed by atoms with Crippen molar-refractivity contribution < 1.29 is 5.11 Å². The summed E-state index contributed by atoms with van der Waals surface area (Å²) in [6, 6.07) is 14.9. The summed E-state index contributed by atoms with van der Waals surface area (Å²) in [5, 5.41) is 9.00. The van der Waals surface area contributed by atoms with Crippen molar-refractivity contribution in [2.45, 2.75) is 32.0 Å². The highest BCUT2D eigenvalue weighted by molar-refractivity contribution is 7.97. The third-order valence-electron chi connectivity index (χ3n) is 3.02. The van der Waals surface area contributed by atoms with Crippen LogP contribution in [0.2, 0.25) is 0 Å². The number of rotatable bonds is 5. The normalized spacial score (nSPS) is 10.7. The quantitative estimate of drug-likeness (QED) is 0.879. The predicted molar refractivity (Wildman–Crippen MR) is 83.3 cm³/mol. The summed E-state index contributed by atoms with van der Waals surface area (Å²) in [5.74, 6) is 2.06. The average Bonchev–Trinajstić information content (AvgIpc) is 2.38. The Morgan fingerprint density at radius 2 is 1.32 bits per heavy atom. The number of aliphatic hydroxyl groups is 1. The minimum atomic E-state index is 0.121. The Bertz CT molecular complexity index is 511. The number of hydrogen-bond acceptors (Lipinski definition) is 2. The lowest BCUT2D eigenvalue weighted by Gasteiger charge is -2.06. The minimum absolute atomic E-state index is 0.121. The molecule has 0 unspecified atom stereocenters. The zero-order valence-electron chi connectivity index (χ0n) is 11.5. The highest BCUT2D eigenvalue weighted by Crippen LogP contribution is 2.20. The van der Waals surface area contributed by atoms with Crippen molar-refractivity contribution in [2.24, 2.45) is 0 Å². The smallest absolute Gasteiger partial charge is 0.0681 e. The fourth-order valence-corrected chi connectivity index (χ4v) is 3.11. The van der Waals surface area contributed by atoms with Gasteiger partial charge in [-0.3, -0.25) is 0 Å². The van der Waals surface area contributed by atoms with E-state index in [-0.39, 0.29) is 6.61 Å². The Kier molecular flexibility index (Phi) is 5.06. The number of thioether (sulfide) groups is 1. The van der Waals surface area contributed by atoms with Crippen molar-refractivity contribution in [3.05, 3.63) is 70.3 Å². The lowest BCUT2D eigenvalue weighted by Crippen LogP contribution is -1.88. The van der Waals surface area contributed by atoms with Crippen LogP contribution >= 0.6 is 11.8 Å². The van der Waals surface area contributed by atoms with Gasteiger partial charge < -0.3 is 5.11 Å². The molecule has 2 aromatic rings. The summed E-state index contributed by atoms with van der Waals surface area (Å²) in [5.41, 5.74) is 6.36. The molecule has 0 radical (unpaired) electrons. The first kappa shape index (κ1) is 14.2. The van der Waals surface area contributed by atoms with Crippen molar-refractivity contribution >= 4 is 11.8 Å². The topological polar surface area (TPSA) is 20.2 Å². The molecule has 2 rings (SSSR count). The molecule has 100 valence electrons. The van der Waals surface area contributed by atoms with Gasteiger partial charge in [0.25, 0.3) is 0 Å². The van der Waals surface area contributed by atoms with E-state index in [0.29, 0.717) is 0 Å². The van der Waals surface area contributed by atoms with E-state index in [1.807, 2.05) is 23.9 Å². The van der Waals surface area contributed by atoms with Crippen LogP contribution in [0.4, 0.5) is 0 Å². The first-order chi connectivity index (χ1) is 9.17. The van der Waals surface area contributed by atoms with Gasteiger partial charge >= 0.3 is 0 Å². The monoisotopic (exact) mass is 272 g/mol. The zero-order chi connectivity index (χ0) is 13.7. The third kappa shape index (κ3) is 4.41. The largest absolute Gasteiger partial charge is 0.392 e. The first-order valence-corrected chi connectivity index (χ1v) is 7.66. The molecule has 0 aromatic heterocycles. The fourth-order valence-electron chi connectivity index (χ4n) is 2.18. The van der Waals surface area contributed by atoms with Gasteiger partial charge in [-0.2, -0.15) is 11.8 Å². The SMILES string of the molecule is Cc1cc(C)cc(CSCc2ccc(CO)cc2)c1. The molecule has 0 atom stereocenters. The molecule has 2 heteroatoms. The lowest BCUT2D eigenvalue weighted by atomic mass is 10.1. The van der Waals surface area contributed by atoms with E-state index >= 15 is 0 Å². The maximum Gasteiger partial charge on any atom is 0.0681 e. The molecule has 0 heterocycles. The van der Waals surface area contributed by atoms with Crippen LogP contribution < -0.4 is 0 Å². The van der Waals surface area contributed by atoms with Gasteiger partial charge in [0.1, 0.15) is 0 Å². The predicted octanol–water partition coefficient (Wildman–Crippen LogP) is 4.23. The molecule has 1 N–H and O–H groups in total. The van der Waals surface area contributed by atoms with E-state index in [1.54, 1.807) is 0 Å². The van der Waals surface area contributed by atoms with E-state index in [0.717, 1.165) is 17.1 Å². The molecule has 0 aliphatic heterocycles. The van der Waals surface area contributed by atoms with Crippen LogP contribution in [0.3, 0.4) is 0 Å². The maximum atomic E-state index is 9.00. The maximum absolute atomic E-state index is 9.00. The molecule has 0 saturated heterocycles. The summed E-state index contributed by atoms with van der Waals surface area (Å²) in [6.07, 6.45) is 0. The minimum Gasteiger partial charge on any atom is -0.392 e. The van der Waals surface area contributed by atoms with Crippen LogP contribution in [-0.4, -0.2) is 5.11 Å². The number of aliphatic hydroxyl groups excluding tert-OH is 1. The van der Waals surface area contributed by atoms with Crippen molar-refractivity contribution in [1.82, 2.24) is 0 Å². The Hall–Kier alpha value is -1.25. The van der Waals surface area contributed by atoms with Crippen LogP contribution in [0.1, 0.15) is 27.8 Å². The van der Waals surface area contributed by atoms with Gasteiger partial charge in [0, 0.05) is 11.5 Å². The van der Waals surface area contributed by atoms with Gasteiger partial charge in [0.2, 0.25) is 0 Å². The molecule has 0 bridgehead atoms. The van der Waals surface area contributed by atoms with Gasteiger partial charge in [0.05, 0.1) is 6.61 Å². The van der Waals surface area contributed by atoms with E-state index in [4.69, 9.17) is 5.11 Å². The summed E-state index contributed by atoms with van der Waals surface area (Å²) in [6.45, 7) is 4.42. The molecule has 0 spiro atoms. The molecule has 19 heavy (non-hydrogen) atoms. The number of benzene rings is 2. The zero-order valence-corrected chi connectivity index (χ0v) is 12.3.